The van der Waals surface area contributed by atoms with Crippen molar-refractivity contribution in [2.45, 2.75) is 25.4 Å². The second kappa shape index (κ2) is 9.60. The third-order valence-corrected chi connectivity index (χ3v) is 6.24. The molecular weight excluding hydrogens is 508 g/mol. The zero-order chi connectivity index (χ0) is 23.7. The van der Waals surface area contributed by atoms with Gasteiger partial charge in [0.05, 0.1) is 34.3 Å². The summed E-state index contributed by atoms with van der Waals surface area (Å²) in [5.74, 6) is -0.212. The van der Waals surface area contributed by atoms with Crippen LogP contribution in [0.15, 0.2) is 57.9 Å². The lowest BCUT2D eigenvalue weighted by molar-refractivity contribution is 0.0253. The maximum atomic E-state index is 13.5. The molecule has 2 aromatic carbocycles. The van der Waals surface area contributed by atoms with E-state index in [1.807, 2.05) is 0 Å². The largest absolute Gasteiger partial charge is 0.489 e. The lowest BCUT2D eigenvalue weighted by atomic mass is 10.1. The SMILES string of the molecule is O=c1[nH]c(Cc2ccc(-c3cc(F)cc(F)c3)nc2)nc2cc(OC3CCOCC3)c(Br)cc12. The van der Waals surface area contributed by atoms with E-state index in [0.29, 0.717) is 57.8 Å². The zero-order valence-corrected chi connectivity index (χ0v) is 19.6. The second-order valence-corrected chi connectivity index (χ2v) is 8.98. The van der Waals surface area contributed by atoms with E-state index in [2.05, 4.69) is 30.9 Å². The summed E-state index contributed by atoms with van der Waals surface area (Å²) < 4.78 is 39.2. The van der Waals surface area contributed by atoms with Gasteiger partial charge < -0.3 is 14.5 Å². The molecule has 0 atom stereocenters. The van der Waals surface area contributed by atoms with E-state index in [9.17, 15) is 13.6 Å². The second-order valence-electron chi connectivity index (χ2n) is 8.13. The summed E-state index contributed by atoms with van der Waals surface area (Å²) in [4.78, 5) is 24.4. The first-order chi connectivity index (χ1) is 16.4. The molecular formula is C25H20BrF2N3O3. The molecule has 1 fully saturated rings. The Kier molecular flexibility index (Phi) is 6.38. The van der Waals surface area contributed by atoms with Gasteiger partial charge in [0.25, 0.3) is 5.56 Å². The fraction of sp³-hybridized carbons (Fsp3) is 0.240. The lowest BCUT2D eigenvalue weighted by Gasteiger charge is -2.24. The van der Waals surface area contributed by atoms with Gasteiger partial charge in [-0.05, 0) is 45.8 Å². The smallest absolute Gasteiger partial charge is 0.258 e. The molecule has 4 aromatic rings. The first kappa shape index (κ1) is 22.6. The van der Waals surface area contributed by atoms with Gasteiger partial charge in [-0.25, -0.2) is 13.8 Å². The van der Waals surface area contributed by atoms with Crippen LogP contribution in [0.1, 0.15) is 24.2 Å². The van der Waals surface area contributed by atoms with Crippen molar-refractivity contribution in [3.8, 4) is 17.0 Å². The van der Waals surface area contributed by atoms with Gasteiger partial charge in [0.2, 0.25) is 0 Å². The Bertz CT molecular complexity index is 1380. The predicted molar refractivity (Wildman–Crippen MR) is 127 cm³/mol. The first-order valence-corrected chi connectivity index (χ1v) is 11.6. The Morgan fingerprint density at radius 2 is 1.85 bits per heavy atom. The van der Waals surface area contributed by atoms with Crippen LogP contribution < -0.4 is 10.3 Å². The number of H-pyrrole nitrogens is 1. The van der Waals surface area contributed by atoms with Gasteiger partial charge in [0.15, 0.2) is 0 Å². The van der Waals surface area contributed by atoms with Gasteiger partial charge in [-0.2, -0.15) is 0 Å². The highest BCUT2D eigenvalue weighted by atomic mass is 79.9. The molecule has 0 unspecified atom stereocenters. The van der Waals surface area contributed by atoms with E-state index in [1.165, 1.54) is 12.1 Å². The maximum Gasteiger partial charge on any atom is 0.258 e. The fourth-order valence-electron chi connectivity index (χ4n) is 3.93. The number of ether oxygens (including phenoxy) is 2. The molecule has 6 nitrogen and oxygen atoms in total. The predicted octanol–water partition coefficient (Wildman–Crippen LogP) is 5.17. The summed E-state index contributed by atoms with van der Waals surface area (Å²) in [5, 5.41) is 0.455. The monoisotopic (exact) mass is 527 g/mol. The van der Waals surface area contributed by atoms with Crippen molar-refractivity contribution in [1.29, 1.82) is 0 Å². The molecule has 0 spiro atoms. The Labute approximate surface area is 202 Å². The minimum Gasteiger partial charge on any atom is -0.489 e. The number of benzene rings is 2. The number of fused-ring (bicyclic) bond motifs is 1. The van der Waals surface area contributed by atoms with Crippen LogP contribution in [0.5, 0.6) is 5.75 Å². The Hall–Kier alpha value is -3.17. The van der Waals surface area contributed by atoms with Crippen LogP contribution in [-0.2, 0) is 11.2 Å². The molecule has 0 bridgehead atoms. The number of nitrogens with one attached hydrogen (secondary N) is 1. The number of rotatable bonds is 5. The topological polar surface area (TPSA) is 77.1 Å². The van der Waals surface area contributed by atoms with Gasteiger partial charge in [-0.15, -0.1) is 0 Å². The van der Waals surface area contributed by atoms with E-state index in [-0.39, 0.29) is 11.7 Å². The summed E-state index contributed by atoms with van der Waals surface area (Å²) in [6, 6.07) is 10.2. The molecule has 5 rings (SSSR count). The van der Waals surface area contributed by atoms with Gasteiger partial charge in [0, 0.05) is 43.2 Å². The average Bonchev–Trinajstić information content (AvgIpc) is 2.81. The van der Waals surface area contributed by atoms with Crippen LogP contribution in [0.25, 0.3) is 22.2 Å². The summed E-state index contributed by atoms with van der Waals surface area (Å²) in [7, 11) is 0. The van der Waals surface area contributed by atoms with Gasteiger partial charge in [-0.1, -0.05) is 6.07 Å². The van der Waals surface area contributed by atoms with Crippen molar-refractivity contribution < 1.29 is 18.3 Å². The number of aromatic nitrogens is 3. The summed E-state index contributed by atoms with van der Waals surface area (Å²) in [6.07, 6.45) is 3.61. The Morgan fingerprint density at radius 3 is 2.56 bits per heavy atom. The molecule has 1 saturated heterocycles. The standard InChI is InChI=1S/C25H20BrF2N3O3/c26-20-11-19-22(12-23(20)34-18-3-5-33-6-4-18)30-24(31-25(19)32)7-14-1-2-21(29-13-14)15-8-16(27)10-17(28)9-15/h1-2,8-13,18H,3-7H2,(H,30,31,32). The normalized spacial score (nSPS) is 14.4. The Balaban J connectivity index is 1.40. The van der Waals surface area contributed by atoms with E-state index in [4.69, 9.17) is 9.47 Å². The highest BCUT2D eigenvalue weighted by molar-refractivity contribution is 9.10. The van der Waals surface area contributed by atoms with Crippen LogP contribution in [-0.4, -0.2) is 34.3 Å². The number of pyridine rings is 1. The summed E-state index contributed by atoms with van der Waals surface area (Å²) in [6.45, 7) is 1.33. The van der Waals surface area contributed by atoms with Gasteiger partial charge >= 0.3 is 0 Å². The number of halogens is 3. The molecule has 0 aliphatic carbocycles. The molecule has 1 aliphatic rings. The molecule has 2 aromatic heterocycles. The molecule has 1 N–H and O–H groups in total. The molecule has 0 saturated carbocycles. The van der Waals surface area contributed by atoms with Crippen LogP contribution in [0, 0.1) is 11.6 Å². The quantitative estimate of drug-likeness (QED) is 0.387. The van der Waals surface area contributed by atoms with Crippen molar-refractivity contribution in [2.75, 3.05) is 13.2 Å². The summed E-state index contributed by atoms with van der Waals surface area (Å²) >= 11 is 3.49. The van der Waals surface area contributed by atoms with Crippen molar-refractivity contribution >= 4 is 26.8 Å². The number of hydrogen-bond donors (Lipinski definition) is 1. The van der Waals surface area contributed by atoms with Crippen molar-refractivity contribution in [1.82, 2.24) is 15.0 Å². The molecule has 174 valence electrons. The van der Waals surface area contributed by atoms with E-state index in [0.717, 1.165) is 24.5 Å². The van der Waals surface area contributed by atoms with Crippen LogP contribution in [0.2, 0.25) is 0 Å². The molecule has 9 heteroatoms. The maximum absolute atomic E-state index is 13.5. The highest BCUT2D eigenvalue weighted by Gasteiger charge is 2.18. The van der Waals surface area contributed by atoms with Crippen LogP contribution in [0.4, 0.5) is 8.78 Å². The first-order valence-electron chi connectivity index (χ1n) is 10.8. The van der Waals surface area contributed by atoms with Crippen molar-refractivity contribution in [3.63, 3.8) is 0 Å². The van der Waals surface area contributed by atoms with Gasteiger partial charge in [-0.3, -0.25) is 9.78 Å². The minimum atomic E-state index is -0.661. The van der Waals surface area contributed by atoms with E-state index >= 15 is 0 Å². The highest BCUT2D eigenvalue weighted by Crippen LogP contribution is 2.31. The minimum absolute atomic E-state index is 0.0557. The van der Waals surface area contributed by atoms with Crippen LogP contribution >= 0.6 is 15.9 Å². The number of aromatic amines is 1. The molecule has 34 heavy (non-hydrogen) atoms. The number of hydrogen-bond acceptors (Lipinski definition) is 5. The van der Waals surface area contributed by atoms with E-state index < -0.39 is 11.6 Å². The third-order valence-electron chi connectivity index (χ3n) is 5.62. The fourth-order valence-corrected chi connectivity index (χ4v) is 4.37. The lowest BCUT2D eigenvalue weighted by Crippen LogP contribution is -2.26. The van der Waals surface area contributed by atoms with E-state index in [1.54, 1.807) is 30.5 Å². The van der Waals surface area contributed by atoms with Gasteiger partial charge in [0.1, 0.15) is 29.3 Å². The van der Waals surface area contributed by atoms with Crippen molar-refractivity contribution in [2.24, 2.45) is 0 Å². The number of nitrogens with zero attached hydrogens (tertiary/aromatic N) is 2. The van der Waals surface area contributed by atoms with Crippen molar-refractivity contribution in [3.05, 3.63) is 86.5 Å². The Morgan fingerprint density at radius 1 is 1.09 bits per heavy atom. The van der Waals surface area contributed by atoms with Crippen LogP contribution in [0.3, 0.4) is 0 Å². The zero-order valence-electron chi connectivity index (χ0n) is 18.0. The summed E-state index contributed by atoms with van der Waals surface area (Å²) in [5.41, 5.74) is 1.87. The average molecular weight is 528 g/mol. The molecule has 0 amide bonds. The molecule has 3 heterocycles. The third kappa shape index (κ3) is 5.00. The molecule has 1 aliphatic heterocycles. The molecule has 0 radical (unpaired) electrons.